The fourth-order valence-corrected chi connectivity index (χ4v) is 3.57. The fourth-order valence-electron chi connectivity index (χ4n) is 3.03. The third kappa shape index (κ3) is 20.7. The Morgan fingerprint density at radius 1 is 0.364 bits per heavy atom. The van der Waals surface area contributed by atoms with Crippen LogP contribution in [0.3, 0.4) is 0 Å². The quantitative estimate of drug-likeness (QED) is 0.130. The summed E-state index contributed by atoms with van der Waals surface area (Å²) in [6.07, 6.45) is 25.2. The molecular formula is C20H41IO. The summed E-state index contributed by atoms with van der Waals surface area (Å²) in [5.41, 5.74) is 0. The van der Waals surface area contributed by atoms with Gasteiger partial charge in [0.1, 0.15) is 0 Å². The molecule has 0 bridgehead atoms. The largest absolute Gasteiger partial charge is 0.396 e. The van der Waals surface area contributed by atoms with E-state index in [1.165, 1.54) is 114 Å². The minimum atomic E-state index is 0.374. The van der Waals surface area contributed by atoms with Crippen molar-refractivity contribution in [2.75, 3.05) is 11.0 Å². The lowest BCUT2D eigenvalue weighted by Gasteiger charge is -2.03. The average molecular weight is 424 g/mol. The van der Waals surface area contributed by atoms with Crippen LogP contribution < -0.4 is 0 Å². The average Bonchev–Trinajstić information content (AvgIpc) is 2.54. The lowest BCUT2D eigenvalue weighted by molar-refractivity contribution is 0.282. The van der Waals surface area contributed by atoms with Gasteiger partial charge in [0.2, 0.25) is 0 Å². The van der Waals surface area contributed by atoms with Gasteiger partial charge in [0, 0.05) is 6.61 Å². The maximum absolute atomic E-state index is 8.70. The zero-order chi connectivity index (χ0) is 16.1. The summed E-state index contributed by atoms with van der Waals surface area (Å²) in [7, 11) is 0. The molecule has 0 saturated heterocycles. The molecule has 0 spiro atoms. The Balaban J connectivity index is 2.91. The van der Waals surface area contributed by atoms with Crippen molar-refractivity contribution in [3.8, 4) is 0 Å². The van der Waals surface area contributed by atoms with Crippen LogP contribution in [0.15, 0.2) is 0 Å². The third-order valence-corrected chi connectivity index (χ3v) is 5.30. The molecule has 0 rings (SSSR count). The second-order valence-corrected chi connectivity index (χ2v) is 7.86. The Hall–Kier alpha value is 0.690. The van der Waals surface area contributed by atoms with Crippen molar-refractivity contribution in [1.29, 1.82) is 0 Å². The lowest BCUT2D eigenvalue weighted by Crippen LogP contribution is -1.85. The summed E-state index contributed by atoms with van der Waals surface area (Å²) in [5.74, 6) is 0. The maximum Gasteiger partial charge on any atom is 0.0431 e. The number of halogens is 1. The molecule has 0 aromatic heterocycles. The minimum Gasteiger partial charge on any atom is -0.396 e. The molecule has 0 saturated carbocycles. The topological polar surface area (TPSA) is 20.2 Å². The molecule has 2 heteroatoms. The van der Waals surface area contributed by atoms with Gasteiger partial charge in [-0.05, 0) is 17.3 Å². The number of alkyl halides is 1. The van der Waals surface area contributed by atoms with Crippen LogP contribution in [0.5, 0.6) is 0 Å². The van der Waals surface area contributed by atoms with Crippen molar-refractivity contribution in [2.24, 2.45) is 0 Å². The van der Waals surface area contributed by atoms with Crippen LogP contribution in [-0.2, 0) is 0 Å². The third-order valence-electron chi connectivity index (χ3n) is 4.54. The monoisotopic (exact) mass is 424 g/mol. The highest BCUT2D eigenvalue weighted by Gasteiger charge is 1.95. The molecule has 0 aliphatic carbocycles. The van der Waals surface area contributed by atoms with Gasteiger partial charge in [0.15, 0.2) is 0 Å². The van der Waals surface area contributed by atoms with Crippen LogP contribution in [0.4, 0.5) is 0 Å². The van der Waals surface area contributed by atoms with E-state index in [-0.39, 0.29) is 0 Å². The molecule has 0 aliphatic heterocycles. The first-order chi connectivity index (χ1) is 10.9. The van der Waals surface area contributed by atoms with E-state index in [1.54, 1.807) is 0 Å². The van der Waals surface area contributed by atoms with Gasteiger partial charge in [-0.1, -0.05) is 125 Å². The molecule has 0 aliphatic rings. The zero-order valence-electron chi connectivity index (χ0n) is 15.0. The summed E-state index contributed by atoms with van der Waals surface area (Å²) in [4.78, 5) is 0. The van der Waals surface area contributed by atoms with E-state index in [4.69, 9.17) is 5.11 Å². The number of hydrogen-bond donors (Lipinski definition) is 1. The maximum atomic E-state index is 8.70. The van der Waals surface area contributed by atoms with Gasteiger partial charge in [-0.3, -0.25) is 0 Å². The Morgan fingerprint density at radius 3 is 0.818 bits per heavy atom. The molecule has 1 nitrogen and oxygen atoms in total. The van der Waals surface area contributed by atoms with Gasteiger partial charge in [-0.15, -0.1) is 0 Å². The van der Waals surface area contributed by atoms with E-state index >= 15 is 0 Å². The molecule has 0 aromatic carbocycles. The summed E-state index contributed by atoms with van der Waals surface area (Å²) < 4.78 is 1.33. The van der Waals surface area contributed by atoms with Crippen LogP contribution in [-0.4, -0.2) is 16.1 Å². The van der Waals surface area contributed by atoms with Gasteiger partial charge >= 0.3 is 0 Å². The standard InChI is InChI=1S/C20H41IO/c21-19-17-15-13-11-9-7-5-3-1-2-4-6-8-10-12-14-16-18-20-22/h22H,1-20H2. The summed E-state index contributed by atoms with van der Waals surface area (Å²) in [5, 5.41) is 8.70. The van der Waals surface area contributed by atoms with Gasteiger partial charge in [0.25, 0.3) is 0 Å². The van der Waals surface area contributed by atoms with Crippen molar-refractivity contribution in [3.05, 3.63) is 0 Å². The minimum absolute atomic E-state index is 0.374. The van der Waals surface area contributed by atoms with Gasteiger partial charge in [0.05, 0.1) is 0 Å². The van der Waals surface area contributed by atoms with Gasteiger partial charge in [-0.25, -0.2) is 0 Å². The first-order valence-electron chi connectivity index (χ1n) is 10.1. The normalized spacial score (nSPS) is 11.2. The number of unbranched alkanes of at least 4 members (excludes halogenated alkanes) is 17. The van der Waals surface area contributed by atoms with E-state index in [1.807, 2.05) is 0 Å². The number of hydrogen-bond acceptors (Lipinski definition) is 1. The van der Waals surface area contributed by atoms with Crippen LogP contribution in [0.25, 0.3) is 0 Å². The molecule has 1 N–H and O–H groups in total. The second-order valence-electron chi connectivity index (χ2n) is 6.78. The summed E-state index contributed by atoms with van der Waals surface area (Å²) in [6, 6.07) is 0. The predicted molar refractivity (Wildman–Crippen MR) is 109 cm³/mol. The Labute approximate surface area is 154 Å². The van der Waals surface area contributed by atoms with Gasteiger partial charge < -0.3 is 5.11 Å². The summed E-state index contributed by atoms with van der Waals surface area (Å²) >= 11 is 2.48. The molecular weight excluding hydrogens is 383 g/mol. The molecule has 0 aromatic rings. The zero-order valence-corrected chi connectivity index (χ0v) is 17.1. The van der Waals surface area contributed by atoms with Crippen LogP contribution in [0.2, 0.25) is 0 Å². The SMILES string of the molecule is OCCCCCCCCCCCCCCCCCCCCI. The fraction of sp³-hybridized carbons (Fsp3) is 1.00. The lowest BCUT2D eigenvalue weighted by atomic mass is 10.0. The highest BCUT2D eigenvalue weighted by atomic mass is 127. The molecule has 0 radical (unpaired) electrons. The van der Waals surface area contributed by atoms with Crippen molar-refractivity contribution < 1.29 is 5.11 Å². The number of aliphatic hydroxyl groups is 1. The molecule has 134 valence electrons. The second kappa shape index (κ2) is 21.7. The molecule has 0 fully saturated rings. The highest BCUT2D eigenvalue weighted by molar-refractivity contribution is 14.1. The van der Waals surface area contributed by atoms with E-state index in [0.29, 0.717) is 6.61 Å². The van der Waals surface area contributed by atoms with Crippen LogP contribution >= 0.6 is 22.6 Å². The number of rotatable bonds is 19. The van der Waals surface area contributed by atoms with Crippen LogP contribution in [0, 0.1) is 0 Å². The predicted octanol–water partition coefficient (Wildman–Crippen LogP) is 7.44. The highest BCUT2D eigenvalue weighted by Crippen LogP contribution is 2.14. The Morgan fingerprint density at radius 2 is 0.591 bits per heavy atom. The van der Waals surface area contributed by atoms with Crippen molar-refractivity contribution in [1.82, 2.24) is 0 Å². The first-order valence-corrected chi connectivity index (χ1v) is 11.6. The Kier molecular flexibility index (Phi) is 22.4. The molecule has 22 heavy (non-hydrogen) atoms. The molecule has 0 unspecified atom stereocenters. The van der Waals surface area contributed by atoms with Crippen LogP contribution in [0.1, 0.15) is 116 Å². The van der Waals surface area contributed by atoms with E-state index in [9.17, 15) is 0 Å². The molecule has 0 amide bonds. The number of aliphatic hydroxyl groups excluding tert-OH is 1. The van der Waals surface area contributed by atoms with E-state index < -0.39 is 0 Å². The van der Waals surface area contributed by atoms with Crippen molar-refractivity contribution in [2.45, 2.75) is 116 Å². The first kappa shape index (κ1) is 22.7. The van der Waals surface area contributed by atoms with E-state index in [0.717, 1.165) is 6.42 Å². The molecule has 0 atom stereocenters. The van der Waals surface area contributed by atoms with Crippen molar-refractivity contribution in [3.63, 3.8) is 0 Å². The van der Waals surface area contributed by atoms with Gasteiger partial charge in [-0.2, -0.15) is 0 Å². The smallest absolute Gasteiger partial charge is 0.0431 e. The Bertz CT molecular complexity index is 165. The summed E-state index contributed by atoms with van der Waals surface area (Å²) in [6.45, 7) is 0.374. The molecule has 0 heterocycles. The van der Waals surface area contributed by atoms with Crippen molar-refractivity contribution >= 4 is 22.6 Å². The van der Waals surface area contributed by atoms with E-state index in [2.05, 4.69) is 22.6 Å².